The highest BCUT2D eigenvalue weighted by Gasteiger charge is 2.30. The van der Waals surface area contributed by atoms with Gasteiger partial charge in [0.2, 0.25) is 0 Å². The average molecular weight is 339 g/mol. The molecule has 0 bridgehead atoms. The second-order valence-corrected chi connectivity index (χ2v) is 5.91. The van der Waals surface area contributed by atoms with Gasteiger partial charge in [-0.25, -0.2) is 4.79 Å². The largest absolute Gasteiger partial charge is 0.464 e. The first-order valence-electron chi connectivity index (χ1n) is 8.41. The van der Waals surface area contributed by atoms with Crippen molar-refractivity contribution in [2.75, 3.05) is 19.8 Å². The number of amides is 2. The van der Waals surface area contributed by atoms with E-state index in [0.717, 1.165) is 23.5 Å². The van der Waals surface area contributed by atoms with Crippen molar-refractivity contribution in [3.63, 3.8) is 0 Å². The zero-order valence-corrected chi connectivity index (χ0v) is 14.2. The molecule has 6 nitrogen and oxygen atoms in total. The van der Waals surface area contributed by atoms with Crippen LogP contribution >= 0.6 is 0 Å². The van der Waals surface area contributed by atoms with Crippen LogP contribution < -0.4 is 5.32 Å². The third-order valence-electron chi connectivity index (χ3n) is 4.25. The van der Waals surface area contributed by atoms with Gasteiger partial charge < -0.3 is 19.4 Å². The SMILES string of the molecule is CCc1ccc(C2COCCN2C(=O)NCc2cccc(C#N)c2)o1. The van der Waals surface area contributed by atoms with E-state index in [1.807, 2.05) is 31.2 Å². The first-order valence-corrected chi connectivity index (χ1v) is 8.41. The molecule has 1 N–H and O–H groups in total. The van der Waals surface area contributed by atoms with Gasteiger partial charge in [-0.15, -0.1) is 0 Å². The van der Waals surface area contributed by atoms with E-state index in [2.05, 4.69) is 11.4 Å². The molecule has 2 amide bonds. The van der Waals surface area contributed by atoms with E-state index in [4.69, 9.17) is 14.4 Å². The summed E-state index contributed by atoms with van der Waals surface area (Å²) in [4.78, 5) is 14.4. The van der Waals surface area contributed by atoms with Crippen LogP contribution in [0.2, 0.25) is 0 Å². The molecule has 1 fully saturated rings. The number of nitrogens with one attached hydrogen (secondary N) is 1. The Morgan fingerprint density at radius 3 is 3.04 bits per heavy atom. The molecular weight excluding hydrogens is 318 g/mol. The van der Waals surface area contributed by atoms with Crippen molar-refractivity contribution in [1.82, 2.24) is 10.2 Å². The highest BCUT2D eigenvalue weighted by molar-refractivity contribution is 5.74. The number of furan rings is 1. The molecule has 0 spiro atoms. The highest BCUT2D eigenvalue weighted by Crippen LogP contribution is 2.26. The van der Waals surface area contributed by atoms with Crippen LogP contribution in [0.3, 0.4) is 0 Å². The maximum atomic E-state index is 12.6. The summed E-state index contributed by atoms with van der Waals surface area (Å²) in [7, 11) is 0. The molecule has 130 valence electrons. The molecule has 1 aliphatic rings. The summed E-state index contributed by atoms with van der Waals surface area (Å²) in [6, 6.07) is 12.8. The third-order valence-corrected chi connectivity index (χ3v) is 4.25. The second-order valence-electron chi connectivity index (χ2n) is 5.91. The molecule has 25 heavy (non-hydrogen) atoms. The summed E-state index contributed by atoms with van der Waals surface area (Å²) >= 11 is 0. The molecule has 1 unspecified atom stereocenters. The first-order chi connectivity index (χ1) is 12.2. The monoisotopic (exact) mass is 339 g/mol. The lowest BCUT2D eigenvalue weighted by Crippen LogP contribution is -2.47. The van der Waals surface area contributed by atoms with Crippen molar-refractivity contribution in [2.24, 2.45) is 0 Å². The molecule has 0 saturated carbocycles. The number of benzene rings is 1. The number of nitriles is 1. The number of carbonyl (C=O) groups excluding carboxylic acids is 1. The summed E-state index contributed by atoms with van der Waals surface area (Å²) in [6.45, 7) is 3.84. The first kappa shape index (κ1) is 17.1. The van der Waals surface area contributed by atoms with Gasteiger partial charge >= 0.3 is 6.03 Å². The topological polar surface area (TPSA) is 78.5 Å². The zero-order chi connectivity index (χ0) is 17.6. The fourth-order valence-corrected chi connectivity index (χ4v) is 2.88. The Kier molecular flexibility index (Phi) is 5.36. The van der Waals surface area contributed by atoms with E-state index in [1.165, 1.54) is 0 Å². The summed E-state index contributed by atoms with van der Waals surface area (Å²) < 4.78 is 11.3. The summed E-state index contributed by atoms with van der Waals surface area (Å²) in [5, 5.41) is 11.9. The maximum Gasteiger partial charge on any atom is 0.318 e. The number of carbonyl (C=O) groups is 1. The molecule has 2 aromatic rings. The van der Waals surface area contributed by atoms with Crippen molar-refractivity contribution in [3.05, 3.63) is 59.0 Å². The van der Waals surface area contributed by atoms with Gasteiger partial charge in [-0.2, -0.15) is 5.26 Å². The average Bonchev–Trinajstić information content (AvgIpc) is 3.15. The number of hydrogen-bond acceptors (Lipinski definition) is 4. The van der Waals surface area contributed by atoms with Gasteiger partial charge in [0.05, 0.1) is 24.8 Å². The molecule has 1 aromatic heterocycles. The Morgan fingerprint density at radius 1 is 1.40 bits per heavy atom. The Labute approximate surface area is 147 Å². The Bertz CT molecular complexity index is 778. The lowest BCUT2D eigenvalue weighted by Gasteiger charge is -2.34. The number of urea groups is 1. The van der Waals surface area contributed by atoms with Gasteiger partial charge in [0.15, 0.2) is 0 Å². The Balaban J connectivity index is 1.67. The second kappa shape index (κ2) is 7.86. The minimum absolute atomic E-state index is 0.162. The van der Waals surface area contributed by atoms with Gasteiger partial charge in [-0.05, 0) is 29.8 Å². The van der Waals surface area contributed by atoms with Crippen LogP contribution in [0.5, 0.6) is 0 Å². The molecule has 1 saturated heterocycles. The lowest BCUT2D eigenvalue weighted by atomic mass is 10.1. The van der Waals surface area contributed by atoms with Crippen LogP contribution in [0.15, 0.2) is 40.8 Å². The number of morpholine rings is 1. The molecule has 2 heterocycles. The maximum absolute atomic E-state index is 12.6. The Hall–Kier alpha value is -2.78. The number of hydrogen-bond donors (Lipinski definition) is 1. The highest BCUT2D eigenvalue weighted by atomic mass is 16.5. The third kappa shape index (κ3) is 4.01. The summed E-state index contributed by atoms with van der Waals surface area (Å²) in [5.74, 6) is 1.65. The zero-order valence-electron chi connectivity index (χ0n) is 14.2. The minimum atomic E-state index is -0.223. The number of rotatable bonds is 4. The number of nitrogens with zero attached hydrogens (tertiary/aromatic N) is 2. The van der Waals surface area contributed by atoms with Crippen LogP contribution in [-0.2, 0) is 17.7 Å². The van der Waals surface area contributed by atoms with Crippen molar-refractivity contribution in [1.29, 1.82) is 5.26 Å². The van der Waals surface area contributed by atoms with Gasteiger partial charge in [0, 0.05) is 19.5 Å². The normalized spacial score (nSPS) is 17.1. The van der Waals surface area contributed by atoms with Crippen molar-refractivity contribution >= 4 is 6.03 Å². The molecule has 1 atom stereocenters. The molecule has 1 aliphatic heterocycles. The van der Waals surface area contributed by atoms with E-state index in [0.29, 0.717) is 31.9 Å². The molecule has 3 rings (SSSR count). The van der Waals surface area contributed by atoms with Crippen LogP contribution in [0.1, 0.15) is 35.6 Å². The van der Waals surface area contributed by atoms with Gasteiger partial charge in [-0.1, -0.05) is 19.1 Å². The van der Waals surface area contributed by atoms with Crippen molar-refractivity contribution in [3.8, 4) is 6.07 Å². The van der Waals surface area contributed by atoms with Crippen molar-refractivity contribution in [2.45, 2.75) is 25.9 Å². The number of ether oxygens (including phenoxy) is 1. The van der Waals surface area contributed by atoms with E-state index >= 15 is 0 Å². The van der Waals surface area contributed by atoms with E-state index < -0.39 is 0 Å². The van der Waals surface area contributed by atoms with Crippen LogP contribution in [0.4, 0.5) is 4.79 Å². The molecular formula is C19H21N3O3. The van der Waals surface area contributed by atoms with Crippen LogP contribution in [0.25, 0.3) is 0 Å². The smallest absolute Gasteiger partial charge is 0.318 e. The standard InChI is InChI=1S/C19H21N3O3/c1-2-16-6-7-18(25-16)17-13-24-9-8-22(17)19(23)21-12-15-5-3-4-14(10-15)11-20/h3-7,10,17H,2,8-9,12-13H2,1H3,(H,21,23). The minimum Gasteiger partial charge on any atom is -0.464 e. The van der Waals surface area contributed by atoms with Gasteiger partial charge in [0.25, 0.3) is 0 Å². The molecule has 6 heteroatoms. The molecule has 0 aliphatic carbocycles. The van der Waals surface area contributed by atoms with E-state index in [9.17, 15) is 4.79 Å². The van der Waals surface area contributed by atoms with E-state index in [1.54, 1.807) is 17.0 Å². The van der Waals surface area contributed by atoms with Crippen LogP contribution in [-0.4, -0.2) is 30.7 Å². The fraction of sp³-hybridized carbons (Fsp3) is 0.368. The van der Waals surface area contributed by atoms with Gasteiger partial charge in [0.1, 0.15) is 17.6 Å². The van der Waals surface area contributed by atoms with Crippen LogP contribution in [0, 0.1) is 11.3 Å². The number of aryl methyl sites for hydroxylation is 1. The lowest BCUT2D eigenvalue weighted by molar-refractivity contribution is 0.00392. The molecule has 0 radical (unpaired) electrons. The van der Waals surface area contributed by atoms with Gasteiger partial charge in [-0.3, -0.25) is 0 Å². The fourth-order valence-electron chi connectivity index (χ4n) is 2.88. The van der Waals surface area contributed by atoms with E-state index in [-0.39, 0.29) is 12.1 Å². The van der Waals surface area contributed by atoms with Crippen molar-refractivity contribution < 1.29 is 13.9 Å². The summed E-state index contributed by atoms with van der Waals surface area (Å²) in [6.07, 6.45) is 0.814. The molecule has 1 aromatic carbocycles. The predicted molar refractivity (Wildman–Crippen MR) is 91.7 cm³/mol. The quantitative estimate of drug-likeness (QED) is 0.929. The summed E-state index contributed by atoms with van der Waals surface area (Å²) in [5.41, 5.74) is 1.47. The Morgan fingerprint density at radius 2 is 2.28 bits per heavy atom. The predicted octanol–water partition coefficient (Wildman–Crippen LogP) is 3.00.